The number of nitro benzene ring substituents is 1. The van der Waals surface area contributed by atoms with Crippen LogP contribution in [0.3, 0.4) is 0 Å². The molecule has 0 aromatic heterocycles. The van der Waals surface area contributed by atoms with Gasteiger partial charge in [-0.1, -0.05) is 24.6 Å². The van der Waals surface area contributed by atoms with Gasteiger partial charge in [0, 0.05) is 23.7 Å². The highest BCUT2D eigenvalue weighted by molar-refractivity contribution is 6.32. The van der Waals surface area contributed by atoms with E-state index in [9.17, 15) is 14.5 Å². The molecule has 1 atom stereocenters. The quantitative estimate of drug-likeness (QED) is 0.644. The summed E-state index contributed by atoms with van der Waals surface area (Å²) in [6, 6.07) is 7.85. The number of ether oxygens (including phenoxy) is 1. The molecule has 2 N–H and O–H groups in total. The zero-order chi connectivity index (χ0) is 16.3. The van der Waals surface area contributed by atoms with E-state index in [1.807, 2.05) is 6.92 Å². The van der Waals surface area contributed by atoms with Gasteiger partial charge in [-0.15, -0.1) is 0 Å². The molecule has 7 heteroatoms. The van der Waals surface area contributed by atoms with Gasteiger partial charge in [-0.3, -0.25) is 10.1 Å². The van der Waals surface area contributed by atoms with Crippen LogP contribution in [0.15, 0.2) is 36.4 Å². The SMILES string of the molecule is CC[C@@H](N)c1ccc(Cl)c(Oc2ccc([N+](=O)[O-])cc2)c1F. The Hall–Kier alpha value is -2.18. The molecular weight excluding hydrogens is 311 g/mol. The van der Waals surface area contributed by atoms with Crippen molar-refractivity contribution in [2.24, 2.45) is 5.73 Å². The minimum atomic E-state index is -0.625. The van der Waals surface area contributed by atoms with E-state index in [2.05, 4.69) is 0 Å². The van der Waals surface area contributed by atoms with Crippen LogP contribution in [0.1, 0.15) is 24.9 Å². The van der Waals surface area contributed by atoms with Gasteiger partial charge >= 0.3 is 0 Å². The maximum atomic E-state index is 14.5. The number of nitrogens with two attached hydrogens (primary N) is 1. The maximum absolute atomic E-state index is 14.5. The first-order valence-corrected chi connectivity index (χ1v) is 6.97. The lowest BCUT2D eigenvalue weighted by Gasteiger charge is -2.15. The van der Waals surface area contributed by atoms with Crippen LogP contribution in [0, 0.1) is 15.9 Å². The molecule has 0 saturated heterocycles. The van der Waals surface area contributed by atoms with E-state index in [1.165, 1.54) is 36.4 Å². The summed E-state index contributed by atoms with van der Waals surface area (Å²) in [5, 5.41) is 10.7. The highest BCUT2D eigenvalue weighted by Crippen LogP contribution is 2.36. The van der Waals surface area contributed by atoms with Gasteiger partial charge in [0.2, 0.25) is 0 Å². The number of rotatable bonds is 5. The van der Waals surface area contributed by atoms with E-state index >= 15 is 0 Å². The van der Waals surface area contributed by atoms with Crippen LogP contribution in [0.25, 0.3) is 0 Å². The van der Waals surface area contributed by atoms with Crippen LogP contribution in [0.5, 0.6) is 11.5 Å². The topological polar surface area (TPSA) is 78.4 Å². The second-order valence-corrected chi connectivity index (χ2v) is 5.05. The molecule has 0 aliphatic heterocycles. The van der Waals surface area contributed by atoms with Gasteiger partial charge in [0.05, 0.1) is 9.95 Å². The first-order valence-electron chi connectivity index (χ1n) is 6.59. The molecule has 2 aromatic rings. The fraction of sp³-hybridized carbons (Fsp3) is 0.200. The largest absolute Gasteiger partial charge is 0.453 e. The predicted octanol–water partition coefficient (Wildman–Crippen LogP) is 4.59. The van der Waals surface area contributed by atoms with Gasteiger partial charge in [0.25, 0.3) is 5.69 Å². The van der Waals surface area contributed by atoms with Crippen molar-refractivity contribution < 1.29 is 14.1 Å². The van der Waals surface area contributed by atoms with E-state index in [1.54, 1.807) is 0 Å². The summed E-state index contributed by atoms with van der Waals surface area (Å²) in [4.78, 5) is 10.1. The first-order chi connectivity index (χ1) is 10.4. The molecule has 0 amide bonds. The van der Waals surface area contributed by atoms with Crippen molar-refractivity contribution in [2.75, 3.05) is 0 Å². The Morgan fingerprint density at radius 1 is 1.32 bits per heavy atom. The highest BCUT2D eigenvalue weighted by atomic mass is 35.5. The summed E-state index contributed by atoms with van der Waals surface area (Å²) in [5.41, 5.74) is 6.07. The van der Waals surface area contributed by atoms with Crippen LogP contribution in [0.2, 0.25) is 5.02 Å². The molecule has 2 aromatic carbocycles. The molecule has 0 saturated carbocycles. The summed E-state index contributed by atoms with van der Waals surface area (Å²) in [6.45, 7) is 1.84. The highest BCUT2D eigenvalue weighted by Gasteiger charge is 2.18. The van der Waals surface area contributed by atoms with E-state index in [-0.39, 0.29) is 22.2 Å². The summed E-state index contributed by atoms with van der Waals surface area (Å²) in [6.07, 6.45) is 0.565. The standard InChI is InChI=1S/C15H14ClFN2O3/c1-2-13(18)11-7-8-12(16)15(14(11)17)22-10-5-3-9(4-6-10)19(20)21/h3-8,13H,2,18H2,1H3/t13-/m1/s1. The van der Waals surface area contributed by atoms with Gasteiger partial charge in [-0.25, -0.2) is 4.39 Å². The molecule has 0 fully saturated rings. The van der Waals surface area contributed by atoms with E-state index in [0.29, 0.717) is 12.0 Å². The van der Waals surface area contributed by atoms with Gasteiger partial charge in [-0.2, -0.15) is 0 Å². The summed E-state index contributed by atoms with van der Waals surface area (Å²) >= 11 is 5.97. The molecule has 22 heavy (non-hydrogen) atoms. The molecule has 0 unspecified atom stereocenters. The monoisotopic (exact) mass is 324 g/mol. The Morgan fingerprint density at radius 2 is 1.95 bits per heavy atom. The lowest BCUT2D eigenvalue weighted by Crippen LogP contribution is -2.11. The minimum Gasteiger partial charge on any atom is -0.453 e. The third kappa shape index (κ3) is 3.35. The number of hydrogen-bond acceptors (Lipinski definition) is 4. The number of hydrogen-bond donors (Lipinski definition) is 1. The number of nitrogens with zero attached hydrogens (tertiary/aromatic N) is 1. The number of non-ortho nitro benzene ring substituents is 1. The maximum Gasteiger partial charge on any atom is 0.269 e. The average Bonchev–Trinajstić information content (AvgIpc) is 2.51. The zero-order valence-electron chi connectivity index (χ0n) is 11.8. The Balaban J connectivity index is 2.34. The molecule has 2 rings (SSSR count). The van der Waals surface area contributed by atoms with E-state index < -0.39 is 16.8 Å². The normalized spacial score (nSPS) is 12.0. The predicted molar refractivity (Wildman–Crippen MR) is 81.8 cm³/mol. The van der Waals surface area contributed by atoms with Crippen LogP contribution in [0.4, 0.5) is 10.1 Å². The third-order valence-electron chi connectivity index (χ3n) is 3.19. The Labute approximate surface area is 131 Å². The lowest BCUT2D eigenvalue weighted by molar-refractivity contribution is -0.384. The lowest BCUT2D eigenvalue weighted by atomic mass is 10.0. The van der Waals surface area contributed by atoms with E-state index in [0.717, 1.165) is 0 Å². The zero-order valence-corrected chi connectivity index (χ0v) is 12.5. The van der Waals surface area contributed by atoms with Gasteiger partial charge in [0.15, 0.2) is 11.6 Å². The second-order valence-electron chi connectivity index (χ2n) is 4.65. The molecule has 5 nitrogen and oxygen atoms in total. The third-order valence-corrected chi connectivity index (χ3v) is 3.48. The molecular formula is C15H14ClFN2O3. The van der Waals surface area contributed by atoms with Crippen LogP contribution in [-0.2, 0) is 0 Å². The minimum absolute atomic E-state index is 0.0827. The number of benzene rings is 2. The van der Waals surface area contributed by atoms with Crippen molar-refractivity contribution in [3.63, 3.8) is 0 Å². The fourth-order valence-corrected chi connectivity index (χ4v) is 2.09. The van der Waals surface area contributed by atoms with Gasteiger partial charge in [0.1, 0.15) is 5.75 Å². The molecule has 0 bridgehead atoms. The van der Waals surface area contributed by atoms with Crippen molar-refractivity contribution in [1.82, 2.24) is 0 Å². The van der Waals surface area contributed by atoms with Crippen molar-refractivity contribution in [3.05, 3.63) is 62.9 Å². The van der Waals surface area contributed by atoms with E-state index in [4.69, 9.17) is 22.1 Å². The molecule has 116 valence electrons. The van der Waals surface area contributed by atoms with Crippen LogP contribution < -0.4 is 10.5 Å². The Bertz CT molecular complexity index is 692. The molecule has 0 heterocycles. The van der Waals surface area contributed by atoms with Crippen molar-refractivity contribution in [3.8, 4) is 11.5 Å². The smallest absolute Gasteiger partial charge is 0.269 e. The number of halogens is 2. The van der Waals surface area contributed by atoms with Crippen LogP contribution in [-0.4, -0.2) is 4.92 Å². The summed E-state index contributed by atoms with van der Waals surface area (Å²) < 4.78 is 19.9. The van der Waals surface area contributed by atoms with Crippen LogP contribution >= 0.6 is 11.6 Å². The van der Waals surface area contributed by atoms with Gasteiger partial charge in [-0.05, 0) is 24.6 Å². The van der Waals surface area contributed by atoms with Gasteiger partial charge < -0.3 is 10.5 Å². The summed E-state index contributed by atoms with van der Waals surface area (Å²) in [7, 11) is 0. The second kappa shape index (κ2) is 6.72. The summed E-state index contributed by atoms with van der Waals surface area (Å²) in [5.74, 6) is -0.522. The first kappa shape index (κ1) is 16.2. The molecule has 0 radical (unpaired) electrons. The number of nitro groups is 1. The molecule has 0 spiro atoms. The molecule has 0 aliphatic rings. The van der Waals surface area contributed by atoms with Crippen molar-refractivity contribution in [2.45, 2.75) is 19.4 Å². The Morgan fingerprint density at radius 3 is 2.50 bits per heavy atom. The average molecular weight is 325 g/mol. The fourth-order valence-electron chi connectivity index (χ4n) is 1.90. The van der Waals surface area contributed by atoms with Crippen molar-refractivity contribution >= 4 is 17.3 Å². The Kier molecular flexibility index (Phi) is 4.95. The van der Waals surface area contributed by atoms with Crippen molar-refractivity contribution in [1.29, 1.82) is 0 Å². The molecule has 0 aliphatic carbocycles.